The molecule has 1 aromatic carbocycles. The van der Waals surface area contributed by atoms with Gasteiger partial charge in [-0.3, -0.25) is 4.79 Å². The average Bonchev–Trinajstić information content (AvgIpc) is 2.39. The molecule has 20 heavy (non-hydrogen) atoms. The lowest BCUT2D eigenvalue weighted by Crippen LogP contribution is -2.38. The Morgan fingerprint density at radius 3 is 2.45 bits per heavy atom. The van der Waals surface area contributed by atoms with E-state index in [0.29, 0.717) is 5.56 Å². The Balaban J connectivity index is 2.70. The Bertz CT molecular complexity index is 571. The van der Waals surface area contributed by atoms with Crippen LogP contribution in [0.5, 0.6) is 0 Å². The third-order valence-electron chi connectivity index (χ3n) is 2.83. The molecule has 1 rings (SSSR count). The van der Waals surface area contributed by atoms with Crippen LogP contribution in [0.3, 0.4) is 0 Å². The number of carbonyl (C=O) groups excluding carboxylic acids is 1. The van der Waals surface area contributed by atoms with Gasteiger partial charge in [-0.25, -0.2) is 8.42 Å². The summed E-state index contributed by atoms with van der Waals surface area (Å²) in [4.78, 5) is 12.1. The van der Waals surface area contributed by atoms with Crippen LogP contribution in [0.2, 0.25) is 0 Å². The maximum atomic E-state index is 12.1. The van der Waals surface area contributed by atoms with Crippen LogP contribution < -0.4 is 11.1 Å². The van der Waals surface area contributed by atoms with Crippen LogP contribution in [0.4, 0.5) is 0 Å². The second kappa shape index (κ2) is 7.35. The molecule has 0 radical (unpaired) electrons. The van der Waals surface area contributed by atoms with Crippen molar-refractivity contribution in [3.8, 4) is 0 Å². The lowest BCUT2D eigenvalue weighted by atomic mass is 9.98. The molecule has 1 aromatic rings. The molecule has 5 nitrogen and oxygen atoms in total. The van der Waals surface area contributed by atoms with E-state index in [2.05, 4.69) is 5.32 Å². The van der Waals surface area contributed by atoms with Gasteiger partial charge in [-0.2, -0.15) is 0 Å². The van der Waals surface area contributed by atoms with Crippen LogP contribution in [-0.4, -0.2) is 37.4 Å². The summed E-state index contributed by atoms with van der Waals surface area (Å²) in [6.45, 7) is 1.62. The molecular formula is C13H18N2O3S2. The van der Waals surface area contributed by atoms with E-state index < -0.39 is 15.8 Å². The minimum absolute atomic E-state index is 0.0558. The van der Waals surface area contributed by atoms with Gasteiger partial charge in [0.1, 0.15) is 5.92 Å². The minimum atomic E-state index is -3.10. The monoisotopic (exact) mass is 314 g/mol. The molecule has 7 heteroatoms. The number of hydrogen-bond donors (Lipinski definition) is 2. The van der Waals surface area contributed by atoms with E-state index in [1.165, 1.54) is 0 Å². The summed E-state index contributed by atoms with van der Waals surface area (Å²) in [6.07, 6.45) is 0. The fourth-order valence-electron chi connectivity index (χ4n) is 1.67. The van der Waals surface area contributed by atoms with Crippen molar-refractivity contribution in [3.63, 3.8) is 0 Å². The zero-order valence-electron chi connectivity index (χ0n) is 11.2. The summed E-state index contributed by atoms with van der Waals surface area (Å²) in [6, 6.07) is 8.91. The number of benzene rings is 1. The van der Waals surface area contributed by atoms with Crippen LogP contribution in [0.25, 0.3) is 0 Å². The van der Waals surface area contributed by atoms with Crippen molar-refractivity contribution in [2.24, 2.45) is 5.73 Å². The van der Waals surface area contributed by atoms with Crippen LogP contribution in [0.1, 0.15) is 18.4 Å². The standard InChI is InChI=1S/C13H18N2O3S2/c1-2-20(17,18)9-8-15-13(16)11(12(14)19)10-6-4-3-5-7-10/h3-7,11H,2,8-9H2,1H3,(H2,14,19)(H,15,16). The first-order valence-corrected chi connectivity index (χ1v) is 8.42. The first-order chi connectivity index (χ1) is 9.37. The van der Waals surface area contributed by atoms with E-state index in [-0.39, 0.29) is 28.9 Å². The highest BCUT2D eigenvalue weighted by Crippen LogP contribution is 2.16. The van der Waals surface area contributed by atoms with Crippen molar-refractivity contribution < 1.29 is 13.2 Å². The molecule has 0 saturated carbocycles. The van der Waals surface area contributed by atoms with Crippen molar-refractivity contribution >= 4 is 33.0 Å². The summed E-state index contributed by atoms with van der Waals surface area (Å²) in [5.41, 5.74) is 6.30. The van der Waals surface area contributed by atoms with Gasteiger partial charge in [0.15, 0.2) is 9.84 Å². The number of sulfone groups is 1. The van der Waals surface area contributed by atoms with Crippen molar-refractivity contribution in [3.05, 3.63) is 35.9 Å². The number of amides is 1. The SMILES string of the molecule is CCS(=O)(=O)CCNC(=O)C(C(N)=S)c1ccccc1. The van der Waals surface area contributed by atoms with Gasteiger partial charge in [0.25, 0.3) is 0 Å². The summed E-state index contributed by atoms with van der Waals surface area (Å²) in [5, 5.41) is 2.57. The normalized spacial score (nSPS) is 12.7. The Morgan fingerprint density at radius 1 is 1.35 bits per heavy atom. The predicted molar refractivity (Wildman–Crippen MR) is 83.3 cm³/mol. The zero-order chi connectivity index (χ0) is 15.2. The Hall–Kier alpha value is -1.47. The summed E-state index contributed by atoms with van der Waals surface area (Å²) < 4.78 is 22.7. The van der Waals surface area contributed by atoms with E-state index >= 15 is 0 Å². The average molecular weight is 314 g/mol. The Labute approximate surface area is 124 Å². The lowest BCUT2D eigenvalue weighted by Gasteiger charge is -2.15. The fourth-order valence-corrected chi connectivity index (χ4v) is 2.61. The van der Waals surface area contributed by atoms with Gasteiger partial charge < -0.3 is 11.1 Å². The highest BCUT2D eigenvalue weighted by molar-refractivity contribution is 7.91. The summed E-state index contributed by atoms with van der Waals surface area (Å²) in [5.74, 6) is -1.15. The first kappa shape index (κ1) is 16.6. The van der Waals surface area contributed by atoms with Gasteiger partial charge in [0.2, 0.25) is 5.91 Å². The van der Waals surface area contributed by atoms with Gasteiger partial charge in [-0.05, 0) is 5.56 Å². The molecule has 0 spiro atoms. The number of hydrogen-bond acceptors (Lipinski definition) is 4. The quantitative estimate of drug-likeness (QED) is 0.720. The Kier molecular flexibility index (Phi) is 6.09. The minimum Gasteiger partial charge on any atom is -0.392 e. The Morgan fingerprint density at radius 2 is 1.95 bits per heavy atom. The number of carbonyl (C=O) groups is 1. The van der Waals surface area contributed by atoms with Crippen molar-refractivity contribution in [1.29, 1.82) is 0 Å². The molecule has 1 unspecified atom stereocenters. The maximum absolute atomic E-state index is 12.1. The van der Waals surface area contributed by atoms with E-state index in [1.54, 1.807) is 31.2 Å². The molecule has 0 heterocycles. The summed E-state index contributed by atoms with van der Waals surface area (Å²) in [7, 11) is -3.10. The molecule has 0 aliphatic heterocycles. The third-order valence-corrected chi connectivity index (χ3v) is 4.77. The molecule has 0 bridgehead atoms. The summed E-state index contributed by atoms with van der Waals surface area (Å²) >= 11 is 4.92. The van der Waals surface area contributed by atoms with E-state index in [9.17, 15) is 13.2 Å². The van der Waals surface area contributed by atoms with Gasteiger partial charge >= 0.3 is 0 Å². The topological polar surface area (TPSA) is 89.3 Å². The molecular weight excluding hydrogens is 296 g/mol. The lowest BCUT2D eigenvalue weighted by molar-refractivity contribution is -0.120. The highest BCUT2D eigenvalue weighted by Gasteiger charge is 2.23. The molecule has 1 amide bonds. The van der Waals surface area contributed by atoms with Crippen molar-refractivity contribution in [1.82, 2.24) is 5.32 Å². The molecule has 0 aliphatic carbocycles. The fraction of sp³-hybridized carbons (Fsp3) is 0.385. The van der Waals surface area contributed by atoms with Crippen LogP contribution in [0, 0.1) is 0 Å². The van der Waals surface area contributed by atoms with Gasteiger partial charge in [0, 0.05) is 12.3 Å². The molecule has 0 aliphatic rings. The number of thiocarbonyl (C=S) groups is 1. The number of rotatable bonds is 7. The van der Waals surface area contributed by atoms with Crippen molar-refractivity contribution in [2.45, 2.75) is 12.8 Å². The van der Waals surface area contributed by atoms with Crippen LogP contribution in [-0.2, 0) is 14.6 Å². The number of nitrogens with one attached hydrogen (secondary N) is 1. The number of nitrogens with two attached hydrogens (primary N) is 1. The molecule has 0 fully saturated rings. The van der Waals surface area contributed by atoms with E-state index in [4.69, 9.17) is 18.0 Å². The maximum Gasteiger partial charge on any atom is 0.234 e. The van der Waals surface area contributed by atoms with Crippen LogP contribution >= 0.6 is 12.2 Å². The van der Waals surface area contributed by atoms with Gasteiger partial charge in [-0.1, -0.05) is 49.5 Å². The molecule has 0 aromatic heterocycles. The largest absolute Gasteiger partial charge is 0.392 e. The first-order valence-electron chi connectivity index (χ1n) is 6.19. The van der Waals surface area contributed by atoms with E-state index in [1.807, 2.05) is 6.07 Å². The second-order valence-electron chi connectivity index (χ2n) is 4.27. The molecule has 110 valence electrons. The van der Waals surface area contributed by atoms with Gasteiger partial charge in [-0.15, -0.1) is 0 Å². The third kappa shape index (κ3) is 4.90. The van der Waals surface area contributed by atoms with Crippen LogP contribution in [0.15, 0.2) is 30.3 Å². The smallest absolute Gasteiger partial charge is 0.234 e. The molecule has 0 saturated heterocycles. The van der Waals surface area contributed by atoms with E-state index in [0.717, 1.165) is 0 Å². The predicted octanol–water partition coefficient (Wildman–Crippen LogP) is 0.607. The zero-order valence-corrected chi connectivity index (χ0v) is 12.8. The van der Waals surface area contributed by atoms with Crippen molar-refractivity contribution in [2.75, 3.05) is 18.1 Å². The molecule has 1 atom stereocenters. The van der Waals surface area contributed by atoms with Gasteiger partial charge in [0.05, 0.1) is 10.7 Å². The molecule has 3 N–H and O–H groups in total. The highest BCUT2D eigenvalue weighted by atomic mass is 32.2. The second-order valence-corrected chi connectivity index (χ2v) is 7.22.